The first-order valence-electron chi connectivity index (χ1n) is 9.50. The van der Waals surface area contributed by atoms with Gasteiger partial charge in [-0.1, -0.05) is 19.9 Å². The van der Waals surface area contributed by atoms with E-state index >= 15 is 0 Å². The Morgan fingerprint density at radius 2 is 1.82 bits per heavy atom. The van der Waals surface area contributed by atoms with Crippen LogP contribution in [0.4, 0.5) is 5.95 Å². The Kier molecular flexibility index (Phi) is 4.93. The SMILES string of the molecule is CC(C)(CN=C(N)N1CCN(c2ncccn2)CC1)c1ccc2c(c1)OCO2. The minimum absolute atomic E-state index is 0.161. The van der Waals surface area contributed by atoms with Gasteiger partial charge in [0, 0.05) is 44.0 Å². The molecule has 0 unspecified atom stereocenters. The van der Waals surface area contributed by atoms with Crippen molar-refractivity contribution in [3.8, 4) is 11.5 Å². The minimum atomic E-state index is -0.161. The Bertz CT molecular complexity index is 847. The fourth-order valence-corrected chi connectivity index (χ4v) is 3.38. The van der Waals surface area contributed by atoms with Gasteiger partial charge in [-0.05, 0) is 23.8 Å². The summed E-state index contributed by atoms with van der Waals surface area (Å²) in [6.07, 6.45) is 3.53. The van der Waals surface area contributed by atoms with Crippen LogP contribution in [0.5, 0.6) is 11.5 Å². The maximum atomic E-state index is 6.29. The third-order valence-corrected chi connectivity index (χ3v) is 5.23. The van der Waals surface area contributed by atoms with Crippen molar-refractivity contribution < 1.29 is 9.47 Å². The van der Waals surface area contributed by atoms with Gasteiger partial charge >= 0.3 is 0 Å². The number of ether oxygens (including phenoxy) is 2. The van der Waals surface area contributed by atoms with Crippen LogP contribution in [0.1, 0.15) is 19.4 Å². The van der Waals surface area contributed by atoms with E-state index in [-0.39, 0.29) is 12.2 Å². The number of aromatic nitrogens is 2. The van der Waals surface area contributed by atoms with E-state index in [1.165, 1.54) is 0 Å². The lowest BCUT2D eigenvalue weighted by atomic mass is 9.84. The predicted molar refractivity (Wildman–Crippen MR) is 108 cm³/mol. The smallest absolute Gasteiger partial charge is 0.231 e. The molecular weight excluding hydrogens is 356 g/mol. The zero-order valence-corrected chi connectivity index (χ0v) is 16.3. The molecule has 2 aromatic rings. The summed E-state index contributed by atoms with van der Waals surface area (Å²) in [6.45, 7) is 8.45. The van der Waals surface area contributed by atoms with E-state index in [2.05, 4.69) is 44.7 Å². The summed E-state index contributed by atoms with van der Waals surface area (Å²) in [6, 6.07) is 7.88. The number of hydrogen-bond acceptors (Lipinski definition) is 6. The molecule has 0 bridgehead atoms. The highest BCUT2D eigenvalue weighted by Gasteiger charge is 2.25. The summed E-state index contributed by atoms with van der Waals surface area (Å²) in [5, 5.41) is 0. The van der Waals surface area contributed by atoms with Crippen LogP contribution in [0.2, 0.25) is 0 Å². The highest BCUT2D eigenvalue weighted by atomic mass is 16.7. The zero-order chi connectivity index (χ0) is 19.6. The van der Waals surface area contributed by atoms with Gasteiger partial charge in [-0.3, -0.25) is 4.99 Å². The fourth-order valence-electron chi connectivity index (χ4n) is 3.38. The Hall–Kier alpha value is -3.03. The van der Waals surface area contributed by atoms with Crippen molar-refractivity contribution in [2.45, 2.75) is 19.3 Å². The van der Waals surface area contributed by atoms with Crippen LogP contribution < -0.4 is 20.1 Å². The second kappa shape index (κ2) is 7.53. The lowest BCUT2D eigenvalue weighted by Gasteiger charge is -2.35. The maximum Gasteiger partial charge on any atom is 0.231 e. The Morgan fingerprint density at radius 1 is 1.11 bits per heavy atom. The molecular formula is C20H26N6O2. The topological polar surface area (TPSA) is 89.1 Å². The summed E-state index contributed by atoms with van der Waals surface area (Å²) in [7, 11) is 0. The molecule has 1 aromatic heterocycles. The number of anilines is 1. The number of guanidine groups is 1. The summed E-state index contributed by atoms with van der Waals surface area (Å²) in [5.74, 6) is 2.94. The second-order valence-electron chi connectivity index (χ2n) is 7.65. The molecule has 0 amide bonds. The van der Waals surface area contributed by atoms with Crippen molar-refractivity contribution in [2.75, 3.05) is 44.4 Å². The number of nitrogens with zero attached hydrogens (tertiary/aromatic N) is 5. The molecule has 28 heavy (non-hydrogen) atoms. The number of benzene rings is 1. The average molecular weight is 382 g/mol. The average Bonchev–Trinajstić information content (AvgIpc) is 3.21. The molecule has 2 aliphatic rings. The Balaban J connectivity index is 1.36. The van der Waals surface area contributed by atoms with E-state index < -0.39 is 0 Å². The second-order valence-corrected chi connectivity index (χ2v) is 7.65. The fraction of sp³-hybridized carbons (Fsp3) is 0.450. The highest BCUT2D eigenvalue weighted by Crippen LogP contribution is 2.36. The van der Waals surface area contributed by atoms with Gasteiger partial charge < -0.3 is 25.0 Å². The maximum absolute atomic E-state index is 6.29. The molecule has 1 fully saturated rings. The molecule has 0 radical (unpaired) electrons. The molecule has 1 saturated heterocycles. The van der Waals surface area contributed by atoms with E-state index in [1.54, 1.807) is 12.4 Å². The quantitative estimate of drug-likeness (QED) is 0.635. The van der Waals surface area contributed by atoms with Crippen molar-refractivity contribution in [3.63, 3.8) is 0 Å². The lowest BCUT2D eigenvalue weighted by molar-refractivity contribution is 0.174. The first-order chi connectivity index (χ1) is 13.5. The van der Waals surface area contributed by atoms with Crippen molar-refractivity contribution in [1.82, 2.24) is 14.9 Å². The van der Waals surface area contributed by atoms with Crippen molar-refractivity contribution >= 4 is 11.9 Å². The van der Waals surface area contributed by atoms with Gasteiger partial charge in [0.05, 0.1) is 6.54 Å². The molecule has 0 saturated carbocycles. The summed E-state index contributed by atoms with van der Waals surface area (Å²) < 4.78 is 10.9. The molecule has 1 aromatic carbocycles. The minimum Gasteiger partial charge on any atom is -0.454 e. The lowest BCUT2D eigenvalue weighted by Crippen LogP contribution is -2.51. The van der Waals surface area contributed by atoms with Crippen LogP contribution in [-0.2, 0) is 5.41 Å². The largest absolute Gasteiger partial charge is 0.454 e. The van der Waals surface area contributed by atoms with Crippen LogP contribution in [-0.4, -0.2) is 60.3 Å². The van der Waals surface area contributed by atoms with Crippen molar-refractivity contribution in [2.24, 2.45) is 10.7 Å². The molecule has 8 nitrogen and oxygen atoms in total. The summed E-state index contributed by atoms with van der Waals surface area (Å²) in [5.41, 5.74) is 7.28. The van der Waals surface area contributed by atoms with Gasteiger partial charge in [-0.2, -0.15) is 0 Å². The van der Waals surface area contributed by atoms with Crippen molar-refractivity contribution in [3.05, 3.63) is 42.2 Å². The van der Waals surface area contributed by atoms with E-state index in [1.807, 2.05) is 18.2 Å². The van der Waals surface area contributed by atoms with Crippen LogP contribution >= 0.6 is 0 Å². The molecule has 3 heterocycles. The standard InChI is InChI=1S/C20H26N6O2/c1-20(2,15-4-5-16-17(12-15)28-14-27-16)13-24-18(21)25-8-10-26(11-9-25)19-22-6-3-7-23-19/h3-7,12H,8-11,13-14H2,1-2H3,(H2,21,24). The number of nitrogens with two attached hydrogens (primary N) is 1. The number of rotatable bonds is 4. The number of hydrogen-bond donors (Lipinski definition) is 1. The first kappa shape index (κ1) is 18.3. The molecule has 2 aliphatic heterocycles. The van der Waals surface area contributed by atoms with E-state index in [4.69, 9.17) is 15.2 Å². The van der Waals surface area contributed by atoms with E-state index in [0.29, 0.717) is 12.5 Å². The van der Waals surface area contributed by atoms with Crippen LogP contribution in [0.15, 0.2) is 41.7 Å². The van der Waals surface area contributed by atoms with Crippen LogP contribution in [0, 0.1) is 0 Å². The van der Waals surface area contributed by atoms with Gasteiger partial charge in [-0.25, -0.2) is 9.97 Å². The number of piperazine rings is 1. The van der Waals surface area contributed by atoms with Gasteiger partial charge in [-0.15, -0.1) is 0 Å². The van der Waals surface area contributed by atoms with Gasteiger partial charge in [0.25, 0.3) is 0 Å². The Labute approximate surface area is 165 Å². The third kappa shape index (κ3) is 3.81. The highest BCUT2D eigenvalue weighted by molar-refractivity contribution is 5.78. The van der Waals surface area contributed by atoms with Gasteiger partial charge in [0.2, 0.25) is 12.7 Å². The third-order valence-electron chi connectivity index (χ3n) is 5.23. The Morgan fingerprint density at radius 3 is 2.57 bits per heavy atom. The van der Waals surface area contributed by atoms with E-state index in [0.717, 1.165) is 49.2 Å². The summed E-state index contributed by atoms with van der Waals surface area (Å²) in [4.78, 5) is 17.6. The predicted octanol–water partition coefficient (Wildman–Crippen LogP) is 1.62. The zero-order valence-electron chi connectivity index (χ0n) is 16.3. The van der Waals surface area contributed by atoms with Gasteiger partial charge in [0.15, 0.2) is 17.5 Å². The molecule has 0 atom stereocenters. The first-order valence-corrected chi connectivity index (χ1v) is 9.50. The molecule has 0 spiro atoms. The summed E-state index contributed by atoms with van der Waals surface area (Å²) >= 11 is 0. The van der Waals surface area contributed by atoms with Gasteiger partial charge in [0.1, 0.15) is 0 Å². The molecule has 0 aliphatic carbocycles. The molecule has 2 N–H and O–H groups in total. The normalized spacial score (nSPS) is 17.1. The van der Waals surface area contributed by atoms with E-state index in [9.17, 15) is 0 Å². The van der Waals surface area contributed by atoms with Crippen LogP contribution in [0.3, 0.4) is 0 Å². The molecule has 8 heteroatoms. The number of fused-ring (bicyclic) bond motifs is 1. The monoisotopic (exact) mass is 382 g/mol. The molecule has 4 rings (SSSR count). The van der Waals surface area contributed by atoms with Crippen molar-refractivity contribution in [1.29, 1.82) is 0 Å². The molecule has 148 valence electrons. The van der Waals surface area contributed by atoms with Crippen LogP contribution in [0.25, 0.3) is 0 Å². The number of aliphatic imine (C=N–C) groups is 1.